The van der Waals surface area contributed by atoms with Gasteiger partial charge in [-0.15, -0.1) is 0 Å². The first kappa shape index (κ1) is 9.74. The third-order valence-electron chi connectivity index (χ3n) is 3.00. The van der Waals surface area contributed by atoms with E-state index in [9.17, 15) is 0 Å². The molecule has 0 unspecified atom stereocenters. The molecule has 1 aliphatic rings. The van der Waals surface area contributed by atoms with Crippen molar-refractivity contribution in [3.8, 4) is 0 Å². The summed E-state index contributed by atoms with van der Waals surface area (Å²) < 4.78 is 2.16. The van der Waals surface area contributed by atoms with Crippen LogP contribution in [0.1, 0.15) is 25.3 Å². The normalized spacial score (nSPS) is 18.4. The minimum absolute atomic E-state index is 0.0499. The number of aliphatic hydroxyl groups excluding tert-OH is 1. The number of aromatic nitrogens is 1. The number of nitrogens with one attached hydrogen (secondary N) is 1. The minimum atomic E-state index is 0.0499. The molecule has 1 heterocycles. The van der Waals surface area contributed by atoms with Crippen molar-refractivity contribution in [3.63, 3.8) is 0 Å². The Balaban J connectivity index is 1.85. The number of nitrogens with zero attached hydrogens (tertiary/aromatic N) is 1. The van der Waals surface area contributed by atoms with Crippen LogP contribution in [-0.2, 0) is 13.1 Å². The van der Waals surface area contributed by atoms with Crippen LogP contribution < -0.4 is 5.32 Å². The smallest absolute Gasteiger partial charge is 0.0613 e. The van der Waals surface area contributed by atoms with E-state index < -0.39 is 0 Å². The molecule has 14 heavy (non-hydrogen) atoms. The SMILES string of the molecule is CCn1ccc(CNC2(CO)CC2)c1. The molecule has 78 valence electrons. The van der Waals surface area contributed by atoms with Gasteiger partial charge < -0.3 is 15.0 Å². The number of hydrogen-bond donors (Lipinski definition) is 2. The van der Waals surface area contributed by atoms with Crippen LogP contribution in [0, 0.1) is 0 Å². The zero-order valence-electron chi connectivity index (χ0n) is 8.66. The Morgan fingerprint density at radius 2 is 2.36 bits per heavy atom. The Labute approximate surface area is 84.7 Å². The van der Waals surface area contributed by atoms with E-state index in [2.05, 4.69) is 35.3 Å². The molecule has 1 saturated carbocycles. The van der Waals surface area contributed by atoms with Gasteiger partial charge in [-0.3, -0.25) is 0 Å². The number of aliphatic hydroxyl groups is 1. The molecule has 1 fully saturated rings. The highest BCUT2D eigenvalue weighted by molar-refractivity contribution is 5.12. The molecule has 1 aromatic rings. The van der Waals surface area contributed by atoms with E-state index >= 15 is 0 Å². The van der Waals surface area contributed by atoms with E-state index in [-0.39, 0.29) is 12.1 Å². The van der Waals surface area contributed by atoms with Crippen molar-refractivity contribution < 1.29 is 5.11 Å². The fourth-order valence-electron chi connectivity index (χ4n) is 1.62. The maximum Gasteiger partial charge on any atom is 0.0613 e. The fraction of sp³-hybridized carbons (Fsp3) is 0.636. The minimum Gasteiger partial charge on any atom is -0.394 e. The second-order valence-electron chi connectivity index (χ2n) is 4.14. The summed E-state index contributed by atoms with van der Waals surface area (Å²) in [5, 5.41) is 12.5. The lowest BCUT2D eigenvalue weighted by Gasteiger charge is -2.12. The van der Waals surface area contributed by atoms with Gasteiger partial charge in [-0.25, -0.2) is 0 Å². The Bertz CT molecular complexity index is 302. The Morgan fingerprint density at radius 1 is 1.57 bits per heavy atom. The Kier molecular flexibility index (Phi) is 2.61. The lowest BCUT2D eigenvalue weighted by atomic mass is 10.2. The van der Waals surface area contributed by atoms with Gasteiger partial charge in [0.1, 0.15) is 0 Å². The maximum absolute atomic E-state index is 9.12. The van der Waals surface area contributed by atoms with Crippen molar-refractivity contribution in [2.24, 2.45) is 0 Å². The van der Waals surface area contributed by atoms with Gasteiger partial charge in [-0.1, -0.05) is 0 Å². The van der Waals surface area contributed by atoms with Gasteiger partial charge in [0.2, 0.25) is 0 Å². The highest BCUT2D eigenvalue weighted by Gasteiger charge is 2.41. The van der Waals surface area contributed by atoms with E-state index in [0.717, 1.165) is 25.9 Å². The molecule has 0 spiro atoms. The molecule has 3 heteroatoms. The van der Waals surface area contributed by atoms with Crippen molar-refractivity contribution in [2.75, 3.05) is 6.61 Å². The molecule has 1 aliphatic carbocycles. The number of hydrogen-bond acceptors (Lipinski definition) is 2. The topological polar surface area (TPSA) is 37.2 Å². The molecule has 2 rings (SSSR count). The van der Waals surface area contributed by atoms with Crippen LogP contribution in [-0.4, -0.2) is 21.8 Å². The van der Waals surface area contributed by atoms with E-state index in [1.54, 1.807) is 0 Å². The first-order valence-electron chi connectivity index (χ1n) is 5.28. The average Bonchev–Trinajstić information content (AvgIpc) is 2.86. The van der Waals surface area contributed by atoms with Crippen LogP contribution in [0.5, 0.6) is 0 Å². The van der Waals surface area contributed by atoms with E-state index in [1.165, 1.54) is 5.56 Å². The van der Waals surface area contributed by atoms with Crippen LogP contribution in [0.15, 0.2) is 18.5 Å². The summed E-state index contributed by atoms with van der Waals surface area (Å²) in [6.45, 7) is 4.29. The third-order valence-corrected chi connectivity index (χ3v) is 3.00. The monoisotopic (exact) mass is 194 g/mol. The van der Waals surface area contributed by atoms with Gasteiger partial charge in [-0.2, -0.15) is 0 Å². The second-order valence-corrected chi connectivity index (χ2v) is 4.14. The van der Waals surface area contributed by atoms with Crippen molar-refractivity contribution >= 4 is 0 Å². The summed E-state index contributed by atoms with van der Waals surface area (Å²) in [5.41, 5.74) is 1.35. The second kappa shape index (κ2) is 3.75. The van der Waals surface area contributed by atoms with Crippen molar-refractivity contribution in [3.05, 3.63) is 24.0 Å². The highest BCUT2D eigenvalue weighted by Crippen LogP contribution is 2.34. The van der Waals surface area contributed by atoms with Gasteiger partial charge in [-0.05, 0) is 31.4 Å². The summed E-state index contributed by atoms with van der Waals surface area (Å²) in [6, 6.07) is 2.13. The molecule has 2 N–H and O–H groups in total. The summed E-state index contributed by atoms with van der Waals surface area (Å²) in [5.74, 6) is 0. The number of rotatable bonds is 5. The first-order valence-corrected chi connectivity index (χ1v) is 5.28. The predicted molar refractivity (Wildman–Crippen MR) is 56.0 cm³/mol. The van der Waals surface area contributed by atoms with Crippen LogP contribution in [0.3, 0.4) is 0 Å². The average molecular weight is 194 g/mol. The number of aryl methyl sites for hydroxylation is 1. The third kappa shape index (κ3) is 1.99. The molecular weight excluding hydrogens is 176 g/mol. The lowest BCUT2D eigenvalue weighted by Crippen LogP contribution is -2.33. The molecule has 0 saturated heterocycles. The van der Waals surface area contributed by atoms with Gasteiger partial charge >= 0.3 is 0 Å². The fourth-order valence-corrected chi connectivity index (χ4v) is 1.62. The Morgan fingerprint density at radius 3 is 2.86 bits per heavy atom. The van der Waals surface area contributed by atoms with Gasteiger partial charge in [0.15, 0.2) is 0 Å². The van der Waals surface area contributed by atoms with Crippen molar-refractivity contribution in [1.29, 1.82) is 0 Å². The summed E-state index contributed by atoms with van der Waals surface area (Å²) >= 11 is 0. The molecule has 0 bridgehead atoms. The van der Waals surface area contributed by atoms with E-state index in [1.807, 2.05) is 0 Å². The van der Waals surface area contributed by atoms with Crippen LogP contribution in [0.4, 0.5) is 0 Å². The maximum atomic E-state index is 9.12. The van der Waals surface area contributed by atoms with Gasteiger partial charge in [0.25, 0.3) is 0 Å². The molecule has 0 atom stereocenters. The largest absolute Gasteiger partial charge is 0.394 e. The van der Waals surface area contributed by atoms with Crippen LogP contribution in [0.2, 0.25) is 0 Å². The highest BCUT2D eigenvalue weighted by atomic mass is 16.3. The zero-order valence-corrected chi connectivity index (χ0v) is 8.66. The summed E-state index contributed by atoms with van der Waals surface area (Å²) in [4.78, 5) is 0. The molecular formula is C11H18N2O. The molecule has 3 nitrogen and oxygen atoms in total. The van der Waals surface area contributed by atoms with Gasteiger partial charge in [0, 0.05) is 31.0 Å². The predicted octanol–water partition coefficient (Wildman–Crippen LogP) is 1.12. The molecule has 0 amide bonds. The van der Waals surface area contributed by atoms with Crippen molar-refractivity contribution in [1.82, 2.24) is 9.88 Å². The summed E-state index contributed by atoms with van der Waals surface area (Å²) in [7, 11) is 0. The summed E-state index contributed by atoms with van der Waals surface area (Å²) in [6.07, 6.45) is 6.46. The van der Waals surface area contributed by atoms with Crippen LogP contribution >= 0.6 is 0 Å². The molecule has 0 aliphatic heterocycles. The zero-order chi connectivity index (χ0) is 10.0. The lowest BCUT2D eigenvalue weighted by molar-refractivity contribution is 0.229. The van der Waals surface area contributed by atoms with Gasteiger partial charge in [0.05, 0.1) is 6.61 Å². The quantitative estimate of drug-likeness (QED) is 0.737. The molecule has 0 radical (unpaired) electrons. The van der Waals surface area contributed by atoms with Crippen molar-refractivity contribution in [2.45, 2.75) is 38.4 Å². The van der Waals surface area contributed by atoms with E-state index in [4.69, 9.17) is 5.11 Å². The molecule has 0 aromatic carbocycles. The first-order chi connectivity index (χ1) is 6.78. The van der Waals surface area contributed by atoms with Crippen LogP contribution in [0.25, 0.3) is 0 Å². The molecule has 1 aromatic heterocycles. The van der Waals surface area contributed by atoms with E-state index in [0.29, 0.717) is 0 Å². The standard InChI is InChI=1S/C11H18N2O/c1-2-13-6-3-10(8-13)7-12-11(9-14)4-5-11/h3,6,8,12,14H,2,4-5,7,9H2,1H3. The Hall–Kier alpha value is -0.800.